The molecule has 0 saturated carbocycles. The fourth-order valence-electron chi connectivity index (χ4n) is 2.69. The van der Waals surface area contributed by atoms with E-state index in [9.17, 15) is 10.2 Å². The maximum atomic E-state index is 12.2. The highest BCUT2D eigenvalue weighted by molar-refractivity contribution is 8.18. The van der Waals surface area contributed by atoms with Gasteiger partial charge in [0.2, 0.25) is 10.3 Å². The molecule has 0 amide bonds. The van der Waals surface area contributed by atoms with E-state index in [-0.39, 0.29) is 11.8 Å². The Morgan fingerprint density at radius 1 is 0.735 bits per heavy atom. The molecular weight excluding hydrogens is 513 g/mol. The van der Waals surface area contributed by atoms with Gasteiger partial charge in [0.05, 0.1) is 11.4 Å². The van der Waals surface area contributed by atoms with Crippen molar-refractivity contribution in [2.45, 2.75) is 13.8 Å². The summed E-state index contributed by atoms with van der Waals surface area (Å²) in [6.07, 6.45) is 0. The molecule has 2 aliphatic rings. The first-order valence-electron chi connectivity index (χ1n) is 9.85. The van der Waals surface area contributed by atoms with Crippen molar-refractivity contribution in [2.75, 3.05) is 28.2 Å². The maximum absolute atomic E-state index is 12.2. The first-order chi connectivity index (χ1) is 16.1. The lowest BCUT2D eigenvalue weighted by Crippen LogP contribution is -2.24. The second-order valence-electron chi connectivity index (χ2n) is 7.48. The zero-order chi connectivity index (χ0) is 24.6. The van der Waals surface area contributed by atoms with Gasteiger partial charge in [-0.1, -0.05) is 0 Å². The molecule has 4 heterocycles. The summed E-state index contributed by atoms with van der Waals surface area (Å²) < 4.78 is 0. The predicted octanol–water partition coefficient (Wildman–Crippen LogP) is 2.84. The Bertz CT molecular complexity index is 1210. The summed E-state index contributed by atoms with van der Waals surface area (Å²) >= 11 is 5.23. The van der Waals surface area contributed by atoms with Crippen LogP contribution < -0.4 is 10.2 Å². The molecule has 14 heteroatoms. The highest BCUT2D eigenvalue weighted by atomic mass is 32.2. The lowest BCUT2D eigenvalue weighted by atomic mass is 10.4. The van der Waals surface area contributed by atoms with Crippen molar-refractivity contribution < 1.29 is 10.2 Å². The molecule has 0 aliphatic carbocycles. The minimum atomic E-state index is -0.0938. The number of aliphatic imine (C=N–C) groups is 4. The van der Waals surface area contributed by atoms with Crippen molar-refractivity contribution in [1.82, 2.24) is 19.8 Å². The highest BCUT2D eigenvalue weighted by Crippen LogP contribution is 2.36. The van der Waals surface area contributed by atoms with Gasteiger partial charge in [-0.15, -0.1) is 22.7 Å². The molecule has 10 nitrogen and oxygen atoms in total. The van der Waals surface area contributed by atoms with Gasteiger partial charge in [0.25, 0.3) is 0 Å². The van der Waals surface area contributed by atoms with E-state index in [4.69, 9.17) is 0 Å². The summed E-state index contributed by atoms with van der Waals surface area (Å²) in [6, 6.07) is 0. The molecule has 0 radical (unpaired) electrons. The molecule has 178 valence electrons. The summed E-state index contributed by atoms with van der Waals surface area (Å²) in [4.78, 5) is 31.0. The van der Waals surface area contributed by atoms with E-state index >= 15 is 0 Å². The molecule has 0 aromatic carbocycles. The number of hydrogen-bond acceptors (Lipinski definition) is 12. The Labute approximate surface area is 213 Å². The van der Waals surface area contributed by atoms with Crippen molar-refractivity contribution in [3.05, 3.63) is 32.3 Å². The Balaban J connectivity index is 1.50. The number of aromatic nitrogens is 2. The number of rotatable bonds is 5. The third-order valence-electron chi connectivity index (χ3n) is 4.40. The molecule has 2 aromatic rings. The first-order valence-corrected chi connectivity index (χ1v) is 13.2. The van der Waals surface area contributed by atoms with Gasteiger partial charge in [0.15, 0.2) is 10.3 Å². The maximum Gasteiger partial charge on any atom is 0.212 e. The average molecular weight is 533 g/mol. The topological polar surface area (TPSA) is 128 Å². The molecule has 34 heavy (non-hydrogen) atoms. The molecule has 0 fully saturated rings. The van der Waals surface area contributed by atoms with Crippen LogP contribution in [0, 0.1) is 0 Å². The van der Waals surface area contributed by atoms with E-state index in [2.05, 4.69) is 29.9 Å². The Kier molecular flexibility index (Phi) is 7.12. The minimum absolute atomic E-state index is 0.0938. The molecule has 2 aliphatic heterocycles. The van der Waals surface area contributed by atoms with Crippen LogP contribution >= 0.6 is 46.2 Å². The molecule has 0 unspecified atom stereocenters. The fourth-order valence-corrected chi connectivity index (χ4v) is 6.09. The summed E-state index contributed by atoms with van der Waals surface area (Å²) in [7, 11) is 6.82. The normalized spacial score (nSPS) is 21.2. The molecule has 0 atom stereocenters. The second-order valence-corrected chi connectivity index (χ2v) is 11.1. The molecule has 0 N–H and O–H groups in total. The minimum Gasteiger partial charge on any atom is -0.860 e. The first kappa shape index (κ1) is 24.4. The van der Waals surface area contributed by atoms with E-state index in [0.29, 0.717) is 53.2 Å². The summed E-state index contributed by atoms with van der Waals surface area (Å²) in [5.74, 6) is -0.188. The number of allylic oxidation sites excluding steroid dienone is 2. The van der Waals surface area contributed by atoms with Gasteiger partial charge in [-0.2, -0.15) is 9.98 Å². The van der Waals surface area contributed by atoms with Crippen LogP contribution in [0.25, 0.3) is 11.4 Å². The third-order valence-corrected chi connectivity index (χ3v) is 7.95. The van der Waals surface area contributed by atoms with Crippen LogP contribution in [-0.4, -0.2) is 69.7 Å². The van der Waals surface area contributed by atoms with E-state index in [1.165, 1.54) is 56.0 Å². The smallest absolute Gasteiger partial charge is 0.212 e. The Morgan fingerprint density at radius 2 is 1.12 bits per heavy atom. The zero-order valence-corrected chi connectivity index (χ0v) is 22.4. The predicted molar refractivity (Wildman–Crippen MR) is 140 cm³/mol. The van der Waals surface area contributed by atoms with Crippen LogP contribution in [-0.2, 0) is 0 Å². The molecule has 0 spiro atoms. The summed E-state index contributed by atoms with van der Waals surface area (Å²) in [5.41, 5.74) is 2.66. The van der Waals surface area contributed by atoms with Crippen molar-refractivity contribution in [3.8, 4) is 11.4 Å². The van der Waals surface area contributed by atoms with Crippen LogP contribution in [0.4, 0.5) is 10.3 Å². The lowest BCUT2D eigenvalue weighted by molar-refractivity contribution is -0.329. The largest absolute Gasteiger partial charge is 0.860 e. The summed E-state index contributed by atoms with van der Waals surface area (Å²) in [5, 5.41) is 30.2. The van der Waals surface area contributed by atoms with Gasteiger partial charge < -0.3 is 20.0 Å². The van der Waals surface area contributed by atoms with Crippen molar-refractivity contribution >= 4 is 78.2 Å². The average Bonchev–Trinajstić information content (AvgIpc) is 3.55. The van der Waals surface area contributed by atoms with Crippen molar-refractivity contribution in [1.29, 1.82) is 0 Å². The van der Waals surface area contributed by atoms with Crippen molar-refractivity contribution in [2.24, 2.45) is 20.0 Å². The quantitative estimate of drug-likeness (QED) is 0.538. The molecular formula is C20H20N8O2S4-2. The van der Waals surface area contributed by atoms with Crippen LogP contribution in [0.15, 0.2) is 52.3 Å². The van der Waals surface area contributed by atoms with E-state index in [0.717, 1.165) is 0 Å². The number of nitrogens with zero attached hydrogens (tertiary/aromatic N) is 8. The van der Waals surface area contributed by atoms with E-state index in [1.54, 1.807) is 42.0 Å². The van der Waals surface area contributed by atoms with Gasteiger partial charge in [0, 0.05) is 48.8 Å². The standard InChI is InChI=1S/C20H22N8O2S4/c1-9-13(15(29)27(3)4)33-19(21-9)25-17-23-11(7-31-17)12-8-32-18(24-12)26-20-22-10(2)14(34-20)16(30)28(5)6/h7-8,29-30H,1-6H3/p-2/b15-13+,16-14+,25-19+,26-20+. The zero-order valence-electron chi connectivity index (χ0n) is 19.2. The summed E-state index contributed by atoms with van der Waals surface area (Å²) in [6.45, 7) is 3.59. The molecule has 0 saturated heterocycles. The van der Waals surface area contributed by atoms with E-state index < -0.39 is 0 Å². The van der Waals surface area contributed by atoms with Crippen LogP contribution in [0.1, 0.15) is 13.8 Å². The van der Waals surface area contributed by atoms with Crippen molar-refractivity contribution in [3.63, 3.8) is 0 Å². The highest BCUT2D eigenvalue weighted by Gasteiger charge is 2.20. The van der Waals surface area contributed by atoms with Crippen LogP contribution in [0.2, 0.25) is 0 Å². The SMILES string of the molecule is CC1=NC(=N\c2nc(-c3csc(/N=C4N=C(C)/C(=C(\[O-])N(C)C)S\4)n3)cs2)/S/C1=C(/[O-])N(C)C. The van der Waals surface area contributed by atoms with E-state index in [1.807, 2.05) is 10.8 Å². The lowest BCUT2D eigenvalue weighted by Gasteiger charge is -2.24. The van der Waals surface area contributed by atoms with Gasteiger partial charge >= 0.3 is 0 Å². The van der Waals surface area contributed by atoms with Gasteiger partial charge in [0.1, 0.15) is 11.4 Å². The fraction of sp³-hybridized carbons (Fsp3) is 0.300. The van der Waals surface area contributed by atoms with Gasteiger partial charge in [-0.05, 0) is 49.1 Å². The number of thioether (sulfide) groups is 2. The monoisotopic (exact) mass is 532 g/mol. The molecule has 4 rings (SSSR count). The second kappa shape index (κ2) is 9.90. The number of amidine groups is 2. The van der Waals surface area contributed by atoms with Crippen LogP contribution in [0.5, 0.6) is 0 Å². The third kappa shape index (κ3) is 5.19. The number of hydrogen-bond donors (Lipinski definition) is 0. The molecule has 2 aromatic heterocycles. The molecule has 0 bridgehead atoms. The van der Waals surface area contributed by atoms with Gasteiger partial charge in [-0.3, -0.25) is 0 Å². The Hall–Kier alpha value is -2.68. The van der Waals surface area contributed by atoms with Gasteiger partial charge in [-0.25, -0.2) is 20.0 Å². The van der Waals surface area contributed by atoms with Crippen LogP contribution in [0.3, 0.4) is 0 Å². The Morgan fingerprint density at radius 3 is 1.47 bits per heavy atom. The number of thiazole rings is 2.